The van der Waals surface area contributed by atoms with Gasteiger partial charge in [-0.25, -0.2) is 4.98 Å². The molecule has 0 spiro atoms. The summed E-state index contributed by atoms with van der Waals surface area (Å²) >= 11 is 0. The van der Waals surface area contributed by atoms with Crippen LogP contribution in [0.1, 0.15) is 0 Å². The number of para-hydroxylation sites is 2. The van der Waals surface area contributed by atoms with Crippen molar-refractivity contribution in [2.45, 2.75) is 0 Å². The van der Waals surface area contributed by atoms with Crippen LogP contribution in [0.5, 0.6) is 0 Å². The average molecular weight is 515 g/mol. The van der Waals surface area contributed by atoms with Crippen molar-refractivity contribution >= 4 is 32.9 Å². The van der Waals surface area contributed by atoms with E-state index >= 15 is 0 Å². The number of fused-ring (bicyclic) bond motifs is 4. The van der Waals surface area contributed by atoms with Gasteiger partial charge in [-0.2, -0.15) is 0 Å². The maximum absolute atomic E-state index is 6.31. The van der Waals surface area contributed by atoms with E-state index in [1.807, 2.05) is 54.9 Å². The summed E-state index contributed by atoms with van der Waals surface area (Å²) in [5, 5.41) is 2.37. The molecular formula is C35H22N4O. The Morgan fingerprint density at radius 2 is 1.48 bits per heavy atom. The van der Waals surface area contributed by atoms with Crippen molar-refractivity contribution < 1.29 is 4.42 Å². The fraction of sp³-hybridized carbons (Fsp3) is 0. The molecule has 0 saturated carbocycles. The Morgan fingerprint density at radius 1 is 0.600 bits per heavy atom. The molecule has 40 heavy (non-hydrogen) atoms. The average Bonchev–Trinajstić information content (AvgIpc) is 3.61. The smallest absolute Gasteiger partial charge is 0.227 e. The zero-order valence-corrected chi connectivity index (χ0v) is 21.4. The monoisotopic (exact) mass is 514 g/mol. The maximum Gasteiger partial charge on any atom is 0.227 e. The zero-order valence-electron chi connectivity index (χ0n) is 21.4. The van der Waals surface area contributed by atoms with E-state index in [1.54, 1.807) is 6.20 Å². The van der Waals surface area contributed by atoms with Gasteiger partial charge in [-0.05, 0) is 54.6 Å². The maximum atomic E-state index is 6.31. The Bertz CT molecular complexity index is 2160. The van der Waals surface area contributed by atoms with Gasteiger partial charge in [0.1, 0.15) is 5.52 Å². The molecule has 0 radical (unpaired) electrons. The van der Waals surface area contributed by atoms with Crippen molar-refractivity contribution in [3.05, 3.63) is 134 Å². The quantitative estimate of drug-likeness (QED) is 0.236. The van der Waals surface area contributed by atoms with Crippen LogP contribution in [0.3, 0.4) is 0 Å². The summed E-state index contributed by atoms with van der Waals surface area (Å²) in [6.07, 6.45) is 5.46. The summed E-state index contributed by atoms with van der Waals surface area (Å²) in [4.78, 5) is 13.8. The number of aromatic nitrogens is 4. The highest BCUT2D eigenvalue weighted by Crippen LogP contribution is 2.37. The van der Waals surface area contributed by atoms with Crippen LogP contribution < -0.4 is 0 Å². The van der Waals surface area contributed by atoms with E-state index in [4.69, 9.17) is 9.40 Å². The summed E-state index contributed by atoms with van der Waals surface area (Å²) in [7, 11) is 0. The standard InChI is InChI=1S/C35H22N4O/c1-2-14-31-28(11-1)29-17-16-24(35-38-34-27(12-6-15-33(34)40-35)25-9-7-18-36-22-25)21-32(29)39(31)26-10-5-8-23(20-26)30-13-3-4-19-37-30/h1-22H. The topological polar surface area (TPSA) is 56.7 Å². The van der Waals surface area contributed by atoms with Crippen LogP contribution in [-0.2, 0) is 0 Å². The number of oxazole rings is 1. The molecule has 0 aliphatic heterocycles. The van der Waals surface area contributed by atoms with Crippen LogP contribution in [0, 0.1) is 0 Å². The highest BCUT2D eigenvalue weighted by Gasteiger charge is 2.17. The summed E-state index contributed by atoms with van der Waals surface area (Å²) < 4.78 is 8.62. The van der Waals surface area contributed by atoms with E-state index in [1.165, 1.54) is 10.8 Å². The number of nitrogens with zero attached hydrogens (tertiary/aromatic N) is 4. The van der Waals surface area contributed by atoms with Gasteiger partial charge in [-0.3, -0.25) is 9.97 Å². The first kappa shape index (κ1) is 22.4. The third-order valence-corrected chi connectivity index (χ3v) is 7.38. The molecule has 0 bridgehead atoms. The first-order valence-corrected chi connectivity index (χ1v) is 13.2. The van der Waals surface area contributed by atoms with Crippen LogP contribution in [0.2, 0.25) is 0 Å². The minimum atomic E-state index is 0.590. The molecule has 4 aromatic heterocycles. The Kier molecular flexibility index (Phi) is 5.07. The molecule has 5 heteroatoms. The number of hydrogen-bond acceptors (Lipinski definition) is 4. The third kappa shape index (κ3) is 3.60. The van der Waals surface area contributed by atoms with Crippen LogP contribution in [0.4, 0.5) is 0 Å². The molecule has 0 fully saturated rings. The van der Waals surface area contributed by atoms with Crippen LogP contribution in [0.15, 0.2) is 138 Å². The number of pyridine rings is 2. The zero-order chi connectivity index (χ0) is 26.5. The lowest BCUT2D eigenvalue weighted by molar-refractivity contribution is 0.620. The van der Waals surface area contributed by atoms with E-state index < -0.39 is 0 Å². The molecule has 0 unspecified atom stereocenters. The SMILES string of the molecule is c1ccc(-c2cccc(-n3c4ccccc4c4ccc(-c5nc6c(-c7cccnc7)cccc6o5)cc43)c2)nc1. The van der Waals surface area contributed by atoms with Crippen molar-refractivity contribution in [3.63, 3.8) is 0 Å². The number of benzene rings is 4. The summed E-state index contributed by atoms with van der Waals surface area (Å²) in [6, 6.07) is 39.5. The molecule has 0 atom stereocenters. The minimum absolute atomic E-state index is 0.590. The van der Waals surface area contributed by atoms with E-state index in [-0.39, 0.29) is 0 Å². The van der Waals surface area contributed by atoms with E-state index in [0.29, 0.717) is 5.89 Å². The van der Waals surface area contributed by atoms with Crippen molar-refractivity contribution in [2.75, 3.05) is 0 Å². The van der Waals surface area contributed by atoms with Gasteiger partial charge in [-0.15, -0.1) is 0 Å². The summed E-state index contributed by atoms with van der Waals surface area (Å²) in [6.45, 7) is 0. The predicted octanol–water partition coefficient (Wildman–Crippen LogP) is 8.72. The second-order valence-electron chi connectivity index (χ2n) is 9.76. The van der Waals surface area contributed by atoms with Crippen LogP contribution in [-0.4, -0.2) is 19.5 Å². The van der Waals surface area contributed by atoms with Crippen molar-refractivity contribution in [1.82, 2.24) is 19.5 Å². The fourth-order valence-electron chi connectivity index (χ4n) is 5.55. The minimum Gasteiger partial charge on any atom is -0.436 e. The van der Waals surface area contributed by atoms with Gasteiger partial charge < -0.3 is 8.98 Å². The van der Waals surface area contributed by atoms with Gasteiger partial charge in [0, 0.05) is 57.3 Å². The summed E-state index contributed by atoms with van der Waals surface area (Å²) in [5.41, 5.74) is 9.83. The van der Waals surface area contributed by atoms with Gasteiger partial charge in [0.05, 0.1) is 16.7 Å². The van der Waals surface area contributed by atoms with Crippen molar-refractivity contribution in [2.24, 2.45) is 0 Å². The molecule has 0 N–H and O–H groups in total. The second kappa shape index (κ2) is 9.03. The Hall–Kier alpha value is -5.55. The van der Waals surface area contributed by atoms with Gasteiger partial charge in [0.25, 0.3) is 0 Å². The van der Waals surface area contributed by atoms with Gasteiger partial charge in [-0.1, -0.05) is 60.7 Å². The fourth-order valence-corrected chi connectivity index (χ4v) is 5.55. The first-order valence-electron chi connectivity index (χ1n) is 13.2. The molecule has 0 saturated heterocycles. The highest BCUT2D eigenvalue weighted by atomic mass is 16.3. The molecule has 8 aromatic rings. The number of rotatable bonds is 4. The number of hydrogen-bond donors (Lipinski definition) is 0. The summed E-state index contributed by atoms with van der Waals surface area (Å²) in [5.74, 6) is 0.590. The molecule has 5 nitrogen and oxygen atoms in total. The normalized spacial score (nSPS) is 11.5. The molecule has 188 valence electrons. The highest BCUT2D eigenvalue weighted by molar-refractivity contribution is 6.10. The van der Waals surface area contributed by atoms with E-state index in [0.717, 1.165) is 55.8 Å². The van der Waals surface area contributed by atoms with Crippen molar-refractivity contribution in [1.29, 1.82) is 0 Å². The second-order valence-corrected chi connectivity index (χ2v) is 9.76. The lowest BCUT2D eigenvalue weighted by Gasteiger charge is -2.10. The lowest BCUT2D eigenvalue weighted by Crippen LogP contribution is -1.95. The third-order valence-electron chi connectivity index (χ3n) is 7.38. The lowest BCUT2D eigenvalue weighted by atomic mass is 10.1. The molecule has 0 aliphatic rings. The van der Waals surface area contributed by atoms with E-state index in [9.17, 15) is 0 Å². The Balaban J connectivity index is 1.33. The van der Waals surface area contributed by atoms with Crippen molar-refractivity contribution in [3.8, 4) is 39.5 Å². The molecule has 0 amide bonds. The predicted molar refractivity (Wildman–Crippen MR) is 160 cm³/mol. The van der Waals surface area contributed by atoms with Gasteiger partial charge in [0.15, 0.2) is 5.58 Å². The Labute approximate surface area is 230 Å². The molecular weight excluding hydrogens is 492 g/mol. The van der Waals surface area contributed by atoms with Gasteiger partial charge >= 0.3 is 0 Å². The largest absolute Gasteiger partial charge is 0.436 e. The Morgan fingerprint density at radius 3 is 2.38 bits per heavy atom. The molecule has 8 rings (SSSR count). The van der Waals surface area contributed by atoms with Crippen LogP contribution >= 0.6 is 0 Å². The molecule has 0 aliphatic carbocycles. The van der Waals surface area contributed by atoms with E-state index in [2.05, 4.69) is 87.3 Å². The molecule has 4 aromatic carbocycles. The first-order chi connectivity index (χ1) is 19.8. The van der Waals surface area contributed by atoms with Gasteiger partial charge in [0.2, 0.25) is 5.89 Å². The van der Waals surface area contributed by atoms with Crippen LogP contribution in [0.25, 0.3) is 72.4 Å². The molecule has 4 heterocycles.